The van der Waals surface area contributed by atoms with Crippen LogP contribution in [-0.2, 0) is 11.2 Å². The first-order valence-electron chi connectivity index (χ1n) is 6.39. The molecule has 0 saturated heterocycles. The summed E-state index contributed by atoms with van der Waals surface area (Å²) in [5.41, 5.74) is 1.34. The molecule has 0 bridgehead atoms. The number of alkyl halides is 3. The minimum absolute atomic E-state index is 0.0424. The number of aryl methyl sites for hydroxylation is 1. The number of ketones is 1. The molecule has 0 radical (unpaired) electrons. The van der Waals surface area contributed by atoms with Crippen LogP contribution in [0, 0.1) is 0 Å². The molecule has 21 heavy (non-hydrogen) atoms. The predicted octanol–water partition coefficient (Wildman–Crippen LogP) is 3.88. The number of amides is 1. The molecule has 0 N–H and O–H groups in total. The highest BCUT2D eigenvalue weighted by Crippen LogP contribution is 2.34. The molecule has 0 aliphatic carbocycles. The van der Waals surface area contributed by atoms with E-state index >= 15 is 0 Å². The molecule has 1 amide bonds. The van der Waals surface area contributed by atoms with Crippen molar-refractivity contribution in [3.05, 3.63) is 27.7 Å². The van der Waals surface area contributed by atoms with Gasteiger partial charge in [-0.15, -0.1) is 0 Å². The molecule has 1 aliphatic rings. The van der Waals surface area contributed by atoms with Crippen LogP contribution >= 0.6 is 15.9 Å². The van der Waals surface area contributed by atoms with Gasteiger partial charge >= 0.3 is 6.18 Å². The molecule has 1 aliphatic heterocycles. The molecule has 1 aromatic rings. The second-order valence-electron chi connectivity index (χ2n) is 4.95. The number of carbonyl (C=O) groups excluding carboxylic acids is 2. The van der Waals surface area contributed by atoms with Gasteiger partial charge in [-0.05, 0) is 30.5 Å². The van der Waals surface area contributed by atoms with Crippen molar-refractivity contribution in [3.8, 4) is 0 Å². The van der Waals surface area contributed by atoms with Crippen molar-refractivity contribution in [3.63, 3.8) is 0 Å². The number of benzene rings is 1. The number of rotatable bonds is 2. The summed E-state index contributed by atoms with van der Waals surface area (Å²) in [7, 11) is 0. The van der Waals surface area contributed by atoms with Crippen molar-refractivity contribution in [1.82, 2.24) is 0 Å². The Bertz CT molecular complexity index is 599. The number of anilines is 1. The van der Waals surface area contributed by atoms with E-state index in [1.807, 2.05) is 0 Å². The maximum absolute atomic E-state index is 12.4. The Morgan fingerprint density at radius 2 is 2.00 bits per heavy atom. The highest BCUT2D eigenvalue weighted by atomic mass is 79.9. The molecule has 2 rings (SSSR count). The summed E-state index contributed by atoms with van der Waals surface area (Å²) >= 11 is 3.15. The summed E-state index contributed by atoms with van der Waals surface area (Å²) in [5.74, 6) is -1.20. The number of nitrogens with zero attached hydrogens (tertiary/aromatic N) is 1. The van der Waals surface area contributed by atoms with Crippen LogP contribution in [0.4, 0.5) is 18.9 Å². The second-order valence-corrected chi connectivity index (χ2v) is 5.80. The molecule has 0 spiro atoms. The monoisotopic (exact) mass is 363 g/mol. The minimum atomic E-state index is -4.55. The van der Waals surface area contributed by atoms with Crippen LogP contribution < -0.4 is 4.90 Å². The molecule has 3 nitrogen and oxygen atoms in total. The highest BCUT2D eigenvalue weighted by molar-refractivity contribution is 9.10. The quantitative estimate of drug-likeness (QED) is 0.747. The van der Waals surface area contributed by atoms with Crippen LogP contribution in [0.2, 0.25) is 0 Å². The molecular formula is C14H13BrF3NO2. The van der Waals surface area contributed by atoms with Crippen molar-refractivity contribution >= 4 is 33.3 Å². The minimum Gasteiger partial charge on any atom is -0.312 e. The third-order valence-corrected chi connectivity index (χ3v) is 3.98. The van der Waals surface area contributed by atoms with Crippen LogP contribution in [0.3, 0.4) is 0 Å². The van der Waals surface area contributed by atoms with Gasteiger partial charge < -0.3 is 4.90 Å². The standard InChI is InChI=1S/C14H13BrF3NO2/c1-8(20)19-4-2-3-9-5-11(15)10(6-12(9)19)13(21)7-14(16,17)18/h5-6H,2-4,7H2,1H3. The number of fused-ring (bicyclic) bond motifs is 1. The van der Waals surface area contributed by atoms with E-state index in [1.54, 1.807) is 6.07 Å². The average Bonchev–Trinajstić information content (AvgIpc) is 2.34. The number of hydrogen-bond acceptors (Lipinski definition) is 2. The molecule has 0 saturated carbocycles. The zero-order valence-corrected chi connectivity index (χ0v) is 12.8. The number of halogens is 4. The van der Waals surface area contributed by atoms with Crippen molar-refractivity contribution in [2.45, 2.75) is 32.4 Å². The lowest BCUT2D eigenvalue weighted by Crippen LogP contribution is -2.33. The first-order chi connectivity index (χ1) is 9.69. The Kier molecular flexibility index (Phi) is 4.41. The fourth-order valence-electron chi connectivity index (χ4n) is 2.42. The van der Waals surface area contributed by atoms with Crippen LogP contribution in [-0.4, -0.2) is 24.4 Å². The Hall–Kier alpha value is -1.37. The largest absolute Gasteiger partial charge is 0.396 e. The van der Waals surface area contributed by atoms with Crippen molar-refractivity contribution in [1.29, 1.82) is 0 Å². The van der Waals surface area contributed by atoms with Crippen molar-refractivity contribution < 1.29 is 22.8 Å². The number of carbonyl (C=O) groups is 2. The lowest BCUT2D eigenvalue weighted by atomic mass is 9.97. The van der Waals surface area contributed by atoms with E-state index in [9.17, 15) is 22.8 Å². The normalized spacial score (nSPS) is 14.8. The van der Waals surface area contributed by atoms with Gasteiger partial charge in [-0.25, -0.2) is 0 Å². The molecular weight excluding hydrogens is 351 g/mol. The third kappa shape index (κ3) is 3.64. The van der Waals surface area contributed by atoms with Crippen LogP contribution in [0.25, 0.3) is 0 Å². The molecule has 1 aromatic carbocycles. The van der Waals surface area contributed by atoms with Crippen molar-refractivity contribution in [2.24, 2.45) is 0 Å². The highest BCUT2D eigenvalue weighted by Gasteiger charge is 2.33. The zero-order chi connectivity index (χ0) is 15.8. The molecule has 1 heterocycles. The molecule has 0 unspecified atom stereocenters. The molecule has 7 heteroatoms. The SMILES string of the molecule is CC(=O)N1CCCc2cc(Br)c(C(=O)CC(F)(F)F)cc21. The van der Waals surface area contributed by atoms with Gasteiger partial charge in [0.15, 0.2) is 5.78 Å². The summed E-state index contributed by atoms with van der Waals surface area (Å²) in [6.45, 7) is 1.91. The topological polar surface area (TPSA) is 37.4 Å². The lowest BCUT2D eigenvalue weighted by molar-refractivity contribution is -0.125. The van der Waals surface area contributed by atoms with Gasteiger partial charge in [0.25, 0.3) is 0 Å². The van der Waals surface area contributed by atoms with Gasteiger partial charge in [0.1, 0.15) is 6.42 Å². The summed E-state index contributed by atoms with van der Waals surface area (Å²) in [5, 5.41) is 0. The van der Waals surface area contributed by atoms with E-state index in [1.165, 1.54) is 17.9 Å². The molecule has 114 valence electrons. The zero-order valence-electron chi connectivity index (χ0n) is 11.3. The molecule has 0 atom stereocenters. The van der Waals surface area contributed by atoms with Crippen molar-refractivity contribution in [2.75, 3.05) is 11.4 Å². The predicted molar refractivity (Wildman–Crippen MR) is 75.5 cm³/mol. The third-order valence-electron chi connectivity index (χ3n) is 3.33. The van der Waals surface area contributed by atoms with Crippen LogP contribution in [0.1, 0.15) is 35.7 Å². The van der Waals surface area contributed by atoms with Gasteiger partial charge in [0.2, 0.25) is 5.91 Å². The Balaban J connectivity index is 2.43. The maximum Gasteiger partial charge on any atom is 0.396 e. The van der Waals surface area contributed by atoms with E-state index in [0.717, 1.165) is 18.4 Å². The smallest absolute Gasteiger partial charge is 0.312 e. The second kappa shape index (κ2) is 5.79. The fraction of sp³-hybridized carbons (Fsp3) is 0.429. The first kappa shape index (κ1) is 16.0. The average molecular weight is 364 g/mol. The molecule has 0 aromatic heterocycles. The Labute approximate surface area is 128 Å². The summed E-state index contributed by atoms with van der Waals surface area (Å²) in [6.07, 6.45) is -4.54. The fourth-order valence-corrected chi connectivity index (χ4v) is 3.03. The summed E-state index contributed by atoms with van der Waals surface area (Å²) < 4.78 is 37.4. The number of Topliss-reactive ketones (excluding diaryl/α,β-unsaturated/α-hetero) is 1. The number of hydrogen-bond donors (Lipinski definition) is 0. The summed E-state index contributed by atoms with van der Waals surface area (Å²) in [6, 6.07) is 3.02. The first-order valence-corrected chi connectivity index (χ1v) is 7.19. The Morgan fingerprint density at radius 3 is 2.57 bits per heavy atom. The van der Waals surface area contributed by atoms with Gasteiger partial charge in [-0.3, -0.25) is 9.59 Å². The van der Waals surface area contributed by atoms with E-state index in [4.69, 9.17) is 0 Å². The van der Waals surface area contributed by atoms with E-state index in [0.29, 0.717) is 16.7 Å². The van der Waals surface area contributed by atoms with Gasteiger partial charge in [0.05, 0.1) is 0 Å². The Morgan fingerprint density at radius 1 is 1.33 bits per heavy atom. The summed E-state index contributed by atoms with van der Waals surface area (Å²) in [4.78, 5) is 24.9. The van der Waals surface area contributed by atoms with Crippen LogP contribution in [0.5, 0.6) is 0 Å². The lowest BCUT2D eigenvalue weighted by Gasteiger charge is -2.29. The van der Waals surface area contributed by atoms with E-state index in [2.05, 4.69) is 15.9 Å². The van der Waals surface area contributed by atoms with Crippen LogP contribution in [0.15, 0.2) is 16.6 Å². The maximum atomic E-state index is 12.4. The van der Waals surface area contributed by atoms with E-state index in [-0.39, 0.29) is 11.5 Å². The van der Waals surface area contributed by atoms with E-state index < -0.39 is 18.4 Å². The van der Waals surface area contributed by atoms with Gasteiger partial charge in [-0.1, -0.05) is 15.9 Å². The van der Waals surface area contributed by atoms with Gasteiger partial charge in [0, 0.05) is 29.2 Å². The molecule has 0 fully saturated rings. The van der Waals surface area contributed by atoms with Gasteiger partial charge in [-0.2, -0.15) is 13.2 Å².